The zero-order valence-electron chi connectivity index (χ0n) is 7.84. The fraction of sp³-hybridized carbons (Fsp3) is 0.800. The smallest absolute Gasteiger partial charge is 0.0434 e. The van der Waals surface area contributed by atoms with Crippen molar-refractivity contribution < 1.29 is 5.11 Å². The minimum absolute atomic E-state index is 0.287. The molecule has 12 heavy (non-hydrogen) atoms. The van der Waals surface area contributed by atoms with Crippen LogP contribution < -0.4 is 5.32 Å². The van der Waals surface area contributed by atoms with Crippen LogP contribution in [0, 0.1) is 18.3 Å². The highest BCUT2D eigenvalue weighted by Crippen LogP contribution is 2.05. The lowest BCUT2D eigenvalue weighted by Crippen LogP contribution is -2.24. The van der Waals surface area contributed by atoms with Gasteiger partial charge in [-0.05, 0) is 18.9 Å². The molecule has 0 aromatic carbocycles. The molecule has 1 unspecified atom stereocenters. The van der Waals surface area contributed by atoms with Gasteiger partial charge in [-0.1, -0.05) is 13.3 Å². The van der Waals surface area contributed by atoms with Crippen molar-refractivity contribution in [3.63, 3.8) is 0 Å². The Labute approximate surface area is 75.4 Å². The third kappa shape index (κ3) is 6.21. The Balaban J connectivity index is 3.26. The lowest BCUT2D eigenvalue weighted by Gasteiger charge is -2.13. The molecule has 0 fully saturated rings. The monoisotopic (exact) mass is 169 g/mol. The highest BCUT2D eigenvalue weighted by molar-refractivity contribution is 4.84. The fourth-order valence-electron chi connectivity index (χ4n) is 1.10. The van der Waals surface area contributed by atoms with Crippen molar-refractivity contribution in [2.75, 3.05) is 19.7 Å². The van der Waals surface area contributed by atoms with Gasteiger partial charge in [-0.15, -0.1) is 12.3 Å². The van der Waals surface area contributed by atoms with Gasteiger partial charge in [0.15, 0.2) is 0 Å². The second kappa shape index (κ2) is 8.58. The number of rotatable bonds is 7. The third-order valence-corrected chi connectivity index (χ3v) is 1.99. The molecule has 0 aliphatic rings. The SMILES string of the molecule is C#CCCNCC(CC)CCO. The number of aliphatic hydroxyl groups is 1. The Morgan fingerprint density at radius 3 is 2.83 bits per heavy atom. The van der Waals surface area contributed by atoms with E-state index in [2.05, 4.69) is 18.2 Å². The van der Waals surface area contributed by atoms with Gasteiger partial charge in [0.05, 0.1) is 0 Å². The van der Waals surface area contributed by atoms with Crippen LogP contribution in [0.5, 0.6) is 0 Å². The maximum atomic E-state index is 8.71. The van der Waals surface area contributed by atoms with Crippen molar-refractivity contribution in [1.29, 1.82) is 0 Å². The average Bonchev–Trinajstić information content (AvgIpc) is 2.10. The lowest BCUT2D eigenvalue weighted by atomic mass is 10.0. The molecule has 0 radical (unpaired) electrons. The Morgan fingerprint density at radius 1 is 1.58 bits per heavy atom. The van der Waals surface area contributed by atoms with Crippen molar-refractivity contribution in [1.82, 2.24) is 5.32 Å². The van der Waals surface area contributed by atoms with Crippen molar-refractivity contribution in [3.05, 3.63) is 0 Å². The molecular weight excluding hydrogens is 150 g/mol. The van der Waals surface area contributed by atoms with Gasteiger partial charge in [-0.25, -0.2) is 0 Å². The summed E-state index contributed by atoms with van der Waals surface area (Å²) in [5.41, 5.74) is 0. The lowest BCUT2D eigenvalue weighted by molar-refractivity contribution is 0.251. The molecule has 0 aromatic rings. The zero-order valence-corrected chi connectivity index (χ0v) is 7.84. The Morgan fingerprint density at radius 2 is 2.33 bits per heavy atom. The standard InChI is InChI=1S/C10H19NO/c1-3-5-7-11-9-10(4-2)6-8-12/h1,10-12H,4-9H2,2H3. The molecule has 0 heterocycles. The topological polar surface area (TPSA) is 32.3 Å². The molecule has 0 saturated heterocycles. The first kappa shape index (κ1) is 11.5. The van der Waals surface area contributed by atoms with Crippen LogP contribution in [0.2, 0.25) is 0 Å². The summed E-state index contributed by atoms with van der Waals surface area (Å²) in [4.78, 5) is 0. The van der Waals surface area contributed by atoms with E-state index in [4.69, 9.17) is 11.5 Å². The van der Waals surface area contributed by atoms with Gasteiger partial charge in [-0.2, -0.15) is 0 Å². The first-order valence-corrected chi connectivity index (χ1v) is 4.60. The van der Waals surface area contributed by atoms with E-state index < -0.39 is 0 Å². The second-order valence-corrected chi connectivity index (χ2v) is 2.94. The maximum Gasteiger partial charge on any atom is 0.0434 e. The highest BCUT2D eigenvalue weighted by Gasteiger charge is 2.03. The Bertz CT molecular complexity index is 128. The van der Waals surface area contributed by atoms with Crippen LogP contribution in [-0.4, -0.2) is 24.8 Å². The molecule has 0 aliphatic carbocycles. The van der Waals surface area contributed by atoms with Gasteiger partial charge in [0.2, 0.25) is 0 Å². The summed E-state index contributed by atoms with van der Waals surface area (Å²) in [5.74, 6) is 3.17. The largest absolute Gasteiger partial charge is 0.396 e. The maximum absolute atomic E-state index is 8.71. The molecule has 2 N–H and O–H groups in total. The minimum atomic E-state index is 0.287. The van der Waals surface area contributed by atoms with Crippen molar-refractivity contribution in [3.8, 4) is 12.3 Å². The highest BCUT2D eigenvalue weighted by atomic mass is 16.3. The van der Waals surface area contributed by atoms with Gasteiger partial charge < -0.3 is 10.4 Å². The van der Waals surface area contributed by atoms with Crippen LogP contribution in [0.3, 0.4) is 0 Å². The van der Waals surface area contributed by atoms with Crippen LogP contribution in [0.15, 0.2) is 0 Å². The van der Waals surface area contributed by atoms with E-state index in [9.17, 15) is 0 Å². The molecule has 0 spiro atoms. The number of hydrogen-bond acceptors (Lipinski definition) is 2. The van der Waals surface area contributed by atoms with Crippen LogP contribution in [-0.2, 0) is 0 Å². The molecule has 0 aliphatic heterocycles. The van der Waals surface area contributed by atoms with Crippen LogP contribution in [0.1, 0.15) is 26.2 Å². The first-order valence-electron chi connectivity index (χ1n) is 4.60. The summed E-state index contributed by atoms with van der Waals surface area (Å²) in [6.45, 7) is 4.29. The molecule has 2 heteroatoms. The molecule has 0 rings (SSSR count). The van der Waals surface area contributed by atoms with Gasteiger partial charge in [-0.3, -0.25) is 0 Å². The number of aliphatic hydroxyl groups excluding tert-OH is 1. The van der Waals surface area contributed by atoms with Crippen LogP contribution in [0.4, 0.5) is 0 Å². The summed E-state index contributed by atoms with van der Waals surface area (Å²) in [7, 11) is 0. The van der Waals surface area contributed by atoms with Crippen molar-refractivity contribution in [2.45, 2.75) is 26.2 Å². The van der Waals surface area contributed by atoms with Crippen molar-refractivity contribution >= 4 is 0 Å². The number of hydrogen-bond donors (Lipinski definition) is 2. The van der Waals surface area contributed by atoms with Crippen LogP contribution >= 0.6 is 0 Å². The van der Waals surface area contributed by atoms with E-state index in [0.29, 0.717) is 5.92 Å². The molecule has 70 valence electrons. The van der Waals surface area contributed by atoms with Gasteiger partial charge in [0.1, 0.15) is 0 Å². The molecule has 0 amide bonds. The zero-order chi connectivity index (χ0) is 9.23. The van der Waals surface area contributed by atoms with Gasteiger partial charge in [0.25, 0.3) is 0 Å². The molecule has 0 aromatic heterocycles. The molecule has 1 atom stereocenters. The van der Waals surface area contributed by atoms with Gasteiger partial charge in [0, 0.05) is 19.6 Å². The van der Waals surface area contributed by atoms with E-state index in [1.54, 1.807) is 0 Å². The molecule has 2 nitrogen and oxygen atoms in total. The predicted octanol–water partition coefficient (Wildman–Crippen LogP) is 1.01. The van der Waals surface area contributed by atoms with E-state index >= 15 is 0 Å². The second-order valence-electron chi connectivity index (χ2n) is 2.94. The normalized spacial score (nSPS) is 12.4. The minimum Gasteiger partial charge on any atom is -0.396 e. The van der Waals surface area contributed by atoms with E-state index in [1.807, 2.05) is 0 Å². The number of nitrogens with one attached hydrogen (secondary N) is 1. The summed E-state index contributed by atoms with van der Waals surface area (Å²) >= 11 is 0. The van der Waals surface area contributed by atoms with E-state index in [-0.39, 0.29) is 6.61 Å². The quantitative estimate of drug-likeness (QED) is 0.440. The van der Waals surface area contributed by atoms with Crippen molar-refractivity contribution in [2.24, 2.45) is 5.92 Å². The summed E-state index contributed by atoms with van der Waals surface area (Å²) < 4.78 is 0. The average molecular weight is 169 g/mol. The Kier molecular flexibility index (Phi) is 8.20. The third-order valence-electron chi connectivity index (χ3n) is 1.99. The van der Waals surface area contributed by atoms with Gasteiger partial charge >= 0.3 is 0 Å². The summed E-state index contributed by atoms with van der Waals surface area (Å²) in [5, 5.41) is 12.0. The molecule has 0 bridgehead atoms. The Hall–Kier alpha value is -0.520. The van der Waals surface area contributed by atoms with Crippen LogP contribution in [0.25, 0.3) is 0 Å². The van der Waals surface area contributed by atoms with E-state index in [0.717, 1.165) is 32.4 Å². The fourth-order valence-corrected chi connectivity index (χ4v) is 1.10. The summed E-state index contributed by atoms with van der Waals surface area (Å²) in [6.07, 6.45) is 7.90. The summed E-state index contributed by atoms with van der Waals surface area (Å²) in [6, 6.07) is 0. The number of terminal acetylenes is 1. The molecular formula is C10H19NO. The first-order chi connectivity index (χ1) is 5.85. The van der Waals surface area contributed by atoms with E-state index in [1.165, 1.54) is 0 Å². The predicted molar refractivity (Wildman–Crippen MR) is 51.8 cm³/mol. The molecule has 0 saturated carbocycles.